The van der Waals surface area contributed by atoms with Gasteiger partial charge in [-0.25, -0.2) is 4.79 Å². The van der Waals surface area contributed by atoms with Crippen molar-refractivity contribution in [3.05, 3.63) is 35.9 Å². The maximum absolute atomic E-state index is 13.0. The lowest BCUT2D eigenvalue weighted by Gasteiger charge is -2.31. The maximum Gasteiger partial charge on any atom is 0.325 e. The van der Waals surface area contributed by atoms with E-state index in [2.05, 4.69) is 12.2 Å². The summed E-state index contributed by atoms with van der Waals surface area (Å²) in [5, 5.41) is 2.82. The molecule has 2 aliphatic heterocycles. The number of rotatable bonds is 4. The molecule has 1 atom stereocenters. The molecule has 0 spiro atoms. The van der Waals surface area contributed by atoms with Crippen molar-refractivity contribution in [2.24, 2.45) is 5.92 Å². The minimum Gasteiger partial charge on any atom is -0.341 e. The van der Waals surface area contributed by atoms with Gasteiger partial charge >= 0.3 is 6.03 Å². The predicted octanol–water partition coefficient (Wildman–Crippen LogP) is 2.10. The van der Waals surface area contributed by atoms with Crippen molar-refractivity contribution in [2.75, 3.05) is 19.6 Å². The summed E-state index contributed by atoms with van der Waals surface area (Å²) >= 11 is 0. The SMILES string of the molecule is CC[C@]1(c2ccccc2)NC(=O)N(CC(=O)N2CCC(C)CC2)C1=O. The molecule has 0 unspecified atom stereocenters. The molecule has 0 bridgehead atoms. The standard InChI is InChI=1S/C19H25N3O3/c1-3-19(15-7-5-4-6-8-15)17(24)22(18(25)20-19)13-16(23)21-11-9-14(2)10-12-21/h4-8,14H,3,9-13H2,1-2H3,(H,20,25)/t19-/m1/s1. The van der Waals surface area contributed by atoms with Gasteiger partial charge < -0.3 is 10.2 Å². The van der Waals surface area contributed by atoms with Crippen molar-refractivity contribution in [3.63, 3.8) is 0 Å². The van der Waals surface area contributed by atoms with Crippen LogP contribution in [0.15, 0.2) is 30.3 Å². The normalized spacial score (nSPS) is 24.6. The van der Waals surface area contributed by atoms with E-state index in [4.69, 9.17) is 0 Å². The Labute approximate surface area is 148 Å². The van der Waals surface area contributed by atoms with E-state index in [0.29, 0.717) is 25.4 Å². The van der Waals surface area contributed by atoms with E-state index in [1.807, 2.05) is 37.3 Å². The Balaban J connectivity index is 1.76. The summed E-state index contributed by atoms with van der Waals surface area (Å²) in [7, 11) is 0. The molecular weight excluding hydrogens is 318 g/mol. The van der Waals surface area contributed by atoms with E-state index in [0.717, 1.165) is 23.3 Å². The van der Waals surface area contributed by atoms with E-state index < -0.39 is 11.6 Å². The Morgan fingerprint density at radius 2 is 1.84 bits per heavy atom. The second kappa shape index (κ2) is 6.86. The predicted molar refractivity (Wildman–Crippen MR) is 93.6 cm³/mol. The van der Waals surface area contributed by atoms with Gasteiger partial charge in [0.2, 0.25) is 5.91 Å². The summed E-state index contributed by atoms with van der Waals surface area (Å²) in [5.41, 5.74) is -0.327. The summed E-state index contributed by atoms with van der Waals surface area (Å²) in [5.74, 6) is 0.117. The molecule has 1 N–H and O–H groups in total. The van der Waals surface area contributed by atoms with Crippen molar-refractivity contribution < 1.29 is 14.4 Å². The van der Waals surface area contributed by atoms with Gasteiger partial charge in [-0.2, -0.15) is 0 Å². The zero-order valence-corrected chi connectivity index (χ0v) is 14.8. The third kappa shape index (κ3) is 3.13. The monoisotopic (exact) mass is 343 g/mol. The average molecular weight is 343 g/mol. The zero-order valence-electron chi connectivity index (χ0n) is 14.8. The van der Waals surface area contributed by atoms with Gasteiger partial charge in [0.05, 0.1) is 0 Å². The van der Waals surface area contributed by atoms with Crippen LogP contribution in [0.3, 0.4) is 0 Å². The van der Waals surface area contributed by atoms with E-state index in [1.54, 1.807) is 4.90 Å². The molecule has 2 saturated heterocycles. The van der Waals surface area contributed by atoms with Crippen LogP contribution in [0.5, 0.6) is 0 Å². The lowest BCUT2D eigenvalue weighted by atomic mass is 9.87. The molecule has 6 nitrogen and oxygen atoms in total. The first-order valence-electron chi connectivity index (χ1n) is 8.95. The molecule has 6 heteroatoms. The Morgan fingerprint density at radius 3 is 2.44 bits per heavy atom. The number of carbonyl (C=O) groups is 3. The second-order valence-corrected chi connectivity index (χ2v) is 7.01. The van der Waals surface area contributed by atoms with Crippen molar-refractivity contribution in [2.45, 2.75) is 38.6 Å². The van der Waals surface area contributed by atoms with Crippen molar-refractivity contribution >= 4 is 17.8 Å². The fraction of sp³-hybridized carbons (Fsp3) is 0.526. The van der Waals surface area contributed by atoms with Crippen molar-refractivity contribution in [3.8, 4) is 0 Å². The number of hydrogen-bond acceptors (Lipinski definition) is 3. The van der Waals surface area contributed by atoms with Crippen molar-refractivity contribution in [1.82, 2.24) is 15.1 Å². The lowest BCUT2D eigenvalue weighted by Crippen LogP contribution is -2.47. The largest absolute Gasteiger partial charge is 0.341 e. The summed E-state index contributed by atoms with van der Waals surface area (Å²) in [6.45, 7) is 5.24. The highest BCUT2D eigenvalue weighted by Crippen LogP contribution is 2.32. The van der Waals surface area contributed by atoms with Gasteiger partial charge in [-0.15, -0.1) is 0 Å². The Kier molecular flexibility index (Phi) is 4.79. The number of likely N-dealkylation sites (tertiary alicyclic amines) is 1. The highest BCUT2D eigenvalue weighted by atomic mass is 16.2. The summed E-state index contributed by atoms with van der Waals surface area (Å²) in [6, 6.07) is 8.73. The van der Waals surface area contributed by atoms with Gasteiger partial charge in [0, 0.05) is 13.1 Å². The summed E-state index contributed by atoms with van der Waals surface area (Å²) in [4.78, 5) is 40.8. The number of hydrogen-bond donors (Lipinski definition) is 1. The number of urea groups is 1. The molecule has 0 aromatic heterocycles. The number of amides is 4. The zero-order chi connectivity index (χ0) is 18.0. The minimum atomic E-state index is -1.07. The molecule has 134 valence electrons. The van der Waals surface area contributed by atoms with Crippen LogP contribution >= 0.6 is 0 Å². The van der Waals surface area contributed by atoms with Crippen LogP contribution in [0.1, 0.15) is 38.7 Å². The van der Waals surface area contributed by atoms with Crippen LogP contribution in [0.4, 0.5) is 4.79 Å². The van der Waals surface area contributed by atoms with Gasteiger partial charge in [0.25, 0.3) is 5.91 Å². The Morgan fingerprint density at radius 1 is 1.20 bits per heavy atom. The minimum absolute atomic E-state index is 0.157. The number of piperidine rings is 1. The van der Waals surface area contributed by atoms with Crippen LogP contribution in [0.2, 0.25) is 0 Å². The fourth-order valence-electron chi connectivity index (χ4n) is 3.63. The lowest BCUT2D eigenvalue weighted by molar-refractivity contribution is -0.140. The molecule has 1 aromatic carbocycles. The van der Waals surface area contributed by atoms with E-state index >= 15 is 0 Å². The molecule has 0 radical (unpaired) electrons. The summed E-state index contributed by atoms with van der Waals surface area (Å²) in [6.07, 6.45) is 2.37. The molecule has 3 rings (SSSR count). The third-order valence-corrected chi connectivity index (χ3v) is 5.40. The molecule has 0 saturated carbocycles. The maximum atomic E-state index is 13.0. The number of nitrogens with one attached hydrogen (secondary N) is 1. The molecule has 25 heavy (non-hydrogen) atoms. The van der Waals surface area contributed by atoms with E-state index in [9.17, 15) is 14.4 Å². The van der Waals surface area contributed by atoms with Crippen LogP contribution in [0.25, 0.3) is 0 Å². The van der Waals surface area contributed by atoms with Crippen LogP contribution in [-0.4, -0.2) is 47.3 Å². The average Bonchev–Trinajstić information content (AvgIpc) is 2.88. The molecule has 2 heterocycles. The molecule has 2 fully saturated rings. The number of benzene rings is 1. The number of imide groups is 1. The quantitative estimate of drug-likeness (QED) is 0.851. The second-order valence-electron chi connectivity index (χ2n) is 7.01. The number of carbonyl (C=O) groups excluding carboxylic acids is 3. The van der Waals surface area contributed by atoms with Gasteiger partial charge in [0.15, 0.2) is 0 Å². The van der Waals surface area contributed by atoms with Crippen LogP contribution < -0.4 is 5.32 Å². The van der Waals surface area contributed by atoms with E-state index in [1.165, 1.54) is 0 Å². The van der Waals surface area contributed by atoms with Crippen LogP contribution in [-0.2, 0) is 15.1 Å². The topological polar surface area (TPSA) is 69.7 Å². The molecule has 2 aliphatic rings. The Bertz CT molecular complexity index is 668. The van der Waals surface area contributed by atoms with Gasteiger partial charge in [-0.1, -0.05) is 44.2 Å². The number of nitrogens with zero attached hydrogens (tertiary/aromatic N) is 2. The Hall–Kier alpha value is -2.37. The molecule has 4 amide bonds. The first kappa shape index (κ1) is 17.5. The highest BCUT2D eigenvalue weighted by molar-refractivity contribution is 6.09. The van der Waals surface area contributed by atoms with Gasteiger partial charge in [-0.3, -0.25) is 14.5 Å². The highest BCUT2D eigenvalue weighted by Gasteiger charge is 2.51. The van der Waals surface area contributed by atoms with E-state index in [-0.39, 0.29) is 18.4 Å². The summed E-state index contributed by atoms with van der Waals surface area (Å²) < 4.78 is 0. The van der Waals surface area contributed by atoms with Gasteiger partial charge in [-0.05, 0) is 30.7 Å². The first-order valence-corrected chi connectivity index (χ1v) is 8.95. The third-order valence-electron chi connectivity index (χ3n) is 5.40. The van der Waals surface area contributed by atoms with Crippen molar-refractivity contribution in [1.29, 1.82) is 0 Å². The molecule has 1 aromatic rings. The van der Waals surface area contributed by atoms with Gasteiger partial charge in [0.1, 0.15) is 12.1 Å². The smallest absolute Gasteiger partial charge is 0.325 e. The van der Waals surface area contributed by atoms with Crippen LogP contribution in [0, 0.1) is 5.92 Å². The fourth-order valence-corrected chi connectivity index (χ4v) is 3.63. The molecule has 0 aliphatic carbocycles. The first-order chi connectivity index (χ1) is 12.0. The molecular formula is C19H25N3O3.